The zero-order valence-electron chi connectivity index (χ0n) is 62.3. The number of nitriles is 1. The summed E-state index contributed by atoms with van der Waals surface area (Å²) in [5.41, 5.74) is 27.2. The molecule has 9 nitrogen and oxygen atoms in total. The van der Waals surface area contributed by atoms with Crippen LogP contribution in [0.25, 0.3) is 133 Å². The molecule has 4 heterocycles. The Kier molecular flexibility index (Phi) is 16.0. The highest BCUT2D eigenvalue weighted by atomic mass is 15.1. The van der Waals surface area contributed by atoms with Gasteiger partial charge in [0.1, 0.15) is 24.3 Å². The second-order valence-electron chi connectivity index (χ2n) is 32.6. The maximum atomic E-state index is 13.3. The van der Waals surface area contributed by atoms with Crippen molar-refractivity contribution in [3.8, 4) is 73.3 Å². The van der Waals surface area contributed by atoms with E-state index >= 15 is 0 Å². The van der Waals surface area contributed by atoms with E-state index in [1.165, 1.54) is 22.3 Å². The molecule has 0 fully saturated rings. The molecule has 17 rings (SSSR count). The van der Waals surface area contributed by atoms with E-state index in [4.69, 9.17) is 9.97 Å². The molecular weight excluding hydrogens is 1290 g/mol. The first-order chi connectivity index (χ1) is 51.0. The summed E-state index contributed by atoms with van der Waals surface area (Å²) in [6.07, 6.45) is 3.90. The van der Waals surface area contributed by atoms with Crippen molar-refractivity contribution < 1.29 is 0 Å². The number of nitrogens with zero attached hydrogens (tertiary/aromatic N) is 7. The summed E-state index contributed by atoms with van der Waals surface area (Å²) in [5, 5.41) is 25.5. The Morgan fingerprint density at radius 3 is 0.943 bits per heavy atom. The van der Waals surface area contributed by atoms with E-state index in [-0.39, 0.29) is 21.7 Å². The van der Waals surface area contributed by atoms with E-state index in [0.717, 1.165) is 156 Å². The number of para-hydroxylation sites is 2. The molecule has 2 N–H and O–H groups in total. The van der Waals surface area contributed by atoms with Crippen LogP contribution in [0.3, 0.4) is 0 Å². The summed E-state index contributed by atoms with van der Waals surface area (Å²) in [7, 11) is 0. The lowest BCUT2D eigenvalue weighted by atomic mass is 9.85. The average molecular weight is 1380 g/mol. The van der Waals surface area contributed by atoms with E-state index in [2.05, 4.69) is 379 Å². The van der Waals surface area contributed by atoms with Gasteiger partial charge in [0.15, 0.2) is 0 Å². The predicted molar refractivity (Wildman–Crippen MR) is 445 cm³/mol. The van der Waals surface area contributed by atoms with Gasteiger partial charge in [0.2, 0.25) is 0 Å². The Morgan fingerprint density at radius 2 is 0.623 bits per heavy atom. The number of anilines is 4. The van der Waals surface area contributed by atoms with Crippen LogP contribution < -0.4 is 10.6 Å². The minimum Gasteiger partial charge on any atom is -0.354 e. The zero-order chi connectivity index (χ0) is 73.1. The number of benzene rings is 13. The third kappa shape index (κ3) is 11.8. The van der Waals surface area contributed by atoms with E-state index in [1.807, 2.05) is 24.8 Å². The first-order valence-corrected chi connectivity index (χ1v) is 36.8. The Morgan fingerprint density at radius 1 is 0.302 bits per heavy atom. The van der Waals surface area contributed by atoms with Crippen molar-refractivity contribution in [2.45, 2.75) is 105 Å². The van der Waals surface area contributed by atoms with E-state index < -0.39 is 0 Å². The van der Waals surface area contributed by atoms with Crippen LogP contribution in [-0.4, -0.2) is 28.2 Å². The van der Waals surface area contributed by atoms with Gasteiger partial charge < -0.3 is 19.8 Å². The Labute approximate surface area is 620 Å². The second kappa shape index (κ2) is 25.4. The van der Waals surface area contributed by atoms with Gasteiger partial charge in [0.25, 0.3) is 0 Å². The minimum absolute atomic E-state index is 0.165. The van der Waals surface area contributed by atoms with E-state index in [1.54, 1.807) is 0 Å². The lowest BCUT2D eigenvalue weighted by Gasteiger charge is -2.25. The summed E-state index contributed by atoms with van der Waals surface area (Å²) in [4.78, 5) is 10.3. The fourth-order valence-electron chi connectivity index (χ4n) is 15.4. The van der Waals surface area contributed by atoms with Crippen molar-refractivity contribution in [1.29, 1.82) is 5.26 Å². The van der Waals surface area contributed by atoms with Crippen LogP contribution >= 0.6 is 0 Å². The number of hydrogen-bond acceptors (Lipinski definition) is 5. The van der Waals surface area contributed by atoms with Gasteiger partial charge in [-0.3, -0.25) is 9.13 Å². The molecule has 0 aliphatic heterocycles. The topological polar surface area (TPSA) is 93.3 Å². The van der Waals surface area contributed by atoms with Gasteiger partial charge >= 0.3 is 0 Å². The first-order valence-electron chi connectivity index (χ1n) is 36.8. The summed E-state index contributed by atoms with van der Waals surface area (Å²) in [6, 6.07) is 102. The van der Waals surface area contributed by atoms with Crippen molar-refractivity contribution in [3.63, 3.8) is 0 Å². The molecule has 518 valence electrons. The van der Waals surface area contributed by atoms with Gasteiger partial charge in [-0.05, 0) is 205 Å². The quantitative estimate of drug-likeness (QED) is 0.127. The highest BCUT2D eigenvalue weighted by molar-refractivity contribution is 6.14. The van der Waals surface area contributed by atoms with Gasteiger partial charge in [-0.25, -0.2) is 9.97 Å². The number of aromatic nitrogens is 6. The van der Waals surface area contributed by atoms with Crippen LogP contribution in [0.15, 0.2) is 286 Å². The van der Waals surface area contributed by atoms with E-state index in [9.17, 15) is 5.26 Å². The number of nitrogens with one attached hydrogen (secondary N) is 2. The van der Waals surface area contributed by atoms with Crippen molar-refractivity contribution in [2.24, 2.45) is 0 Å². The van der Waals surface area contributed by atoms with Gasteiger partial charge in [-0.2, -0.15) is 5.26 Å². The molecular formula is C97H85N9. The maximum Gasteiger partial charge on any atom is 0.104 e. The van der Waals surface area contributed by atoms with Crippen LogP contribution in [0.4, 0.5) is 22.7 Å². The fraction of sp³-hybridized carbons (Fsp3) is 0.165. The molecule has 0 aliphatic carbocycles. The SMILES string of the molecule is CC(C)(C)c1ccc2c(c1)c1cc(C(C)(C)C)ccc1n2-c1c(-c2ccc(Nc3ccccc3)c(-n3cnc4ccc(-c5ccccc5)cc43)c2)cc(-c2ccc(Nc3ccccc3)c(-n3cnc4ccc(-c5ccccc5)cc43)c2)c(-n2c3ccc(C(C)(C)C)cc3c3cc(C(C)(C)C)ccc32)c1C#N. The van der Waals surface area contributed by atoms with Crippen LogP contribution in [0, 0.1) is 11.3 Å². The molecule has 0 saturated heterocycles. The van der Waals surface area contributed by atoms with Crippen LogP contribution in [-0.2, 0) is 21.7 Å². The van der Waals surface area contributed by atoms with Gasteiger partial charge in [-0.15, -0.1) is 0 Å². The molecule has 0 bridgehead atoms. The van der Waals surface area contributed by atoms with Gasteiger partial charge in [0, 0.05) is 44.0 Å². The molecule has 0 saturated carbocycles. The monoisotopic (exact) mass is 1380 g/mol. The molecule has 9 heteroatoms. The Bertz CT molecular complexity index is 5830. The molecule has 4 aromatic heterocycles. The van der Waals surface area contributed by atoms with Crippen molar-refractivity contribution in [3.05, 3.63) is 313 Å². The molecule has 0 atom stereocenters. The lowest BCUT2D eigenvalue weighted by molar-refractivity contribution is 0.590. The lowest BCUT2D eigenvalue weighted by Crippen LogP contribution is -2.12. The standard InChI is InChI=1S/C97H85N9/c1-94(2,3)67-37-45-84-75(53-67)76-54-68(95(4,5)6)38-46-85(76)105(84)92-73(65-35-43-82(101-71-29-21-15-22-30-71)90(51-65)103-59-99-80-41-33-63(49-88(80)103)61-25-17-13-18-26-61)57-74(93(79(92)58-98)106-86-47-39-69(96(7,8)9)55-77(86)78-56-70(97(10,11)12)40-48-87(78)106)66-36-44-83(102-72-31-23-16-24-32-72)91(52-66)104-60-100-81-42-34-64(50-89(81)104)62-27-19-14-20-28-62/h13-57,59-60,101-102H,1-12H3. The molecule has 0 aliphatic rings. The normalized spacial score (nSPS) is 12.3. The average Bonchev–Trinajstić information content (AvgIpc) is 1.49. The van der Waals surface area contributed by atoms with Crippen LogP contribution in [0.1, 0.15) is 111 Å². The molecule has 0 amide bonds. The van der Waals surface area contributed by atoms with Crippen LogP contribution in [0.5, 0.6) is 0 Å². The molecule has 0 spiro atoms. The summed E-state index contributed by atoms with van der Waals surface area (Å²) in [5.74, 6) is 0. The number of imidazole rings is 2. The number of hydrogen-bond donors (Lipinski definition) is 2. The van der Waals surface area contributed by atoms with Gasteiger partial charge in [-0.1, -0.05) is 229 Å². The molecule has 0 unspecified atom stereocenters. The van der Waals surface area contributed by atoms with Crippen molar-refractivity contribution >= 4 is 88.4 Å². The summed E-state index contributed by atoms with van der Waals surface area (Å²) >= 11 is 0. The number of fused-ring (bicyclic) bond motifs is 8. The predicted octanol–water partition coefficient (Wildman–Crippen LogP) is 25.8. The molecule has 106 heavy (non-hydrogen) atoms. The van der Waals surface area contributed by atoms with E-state index in [0.29, 0.717) is 5.56 Å². The highest BCUT2D eigenvalue weighted by Crippen LogP contribution is 2.50. The third-order valence-corrected chi connectivity index (χ3v) is 21.4. The Hall–Kier alpha value is -12.5. The fourth-order valence-corrected chi connectivity index (χ4v) is 15.4. The van der Waals surface area contributed by atoms with Crippen molar-refractivity contribution in [1.82, 2.24) is 28.2 Å². The first kappa shape index (κ1) is 66.7. The molecule has 13 aromatic carbocycles. The maximum absolute atomic E-state index is 13.3. The minimum atomic E-state index is -0.165. The zero-order valence-corrected chi connectivity index (χ0v) is 62.3. The second-order valence-corrected chi connectivity index (χ2v) is 32.6. The highest BCUT2D eigenvalue weighted by Gasteiger charge is 2.32. The Balaban J connectivity index is 1.05. The third-order valence-electron chi connectivity index (χ3n) is 21.4. The summed E-state index contributed by atoms with van der Waals surface area (Å²) < 4.78 is 9.28. The van der Waals surface area contributed by atoms with Crippen LogP contribution in [0.2, 0.25) is 0 Å². The summed E-state index contributed by atoms with van der Waals surface area (Å²) in [6.45, 7) is 27.5. The molecule has 0 radical (unpaired) electrons. The smallest absolute Gasteiger partial charge is 0.104 e. The largest absolute Gasteiger partial charge is 0.354 e. The number of rotatable bonds is 12. The van der Waals surface area contributed by atoms with Crippen molar-refractivity contribution in [2.75, 3.05) is 10.6 Å². The van der Waals surface area contributed by atoms with Gasteiger partial charge in [0.05, 0.1) is 78.3 Å². The molecule has 17 aromatic rings.